The molecule has 2 saturated heterocycles. The summed E-state index contributed by atoms with van der Waals surface area (Å²) >= 11 is 0. The molecule has 0 radical (unpaired) electrons. The molecule has 10 nitrogen and oxygen atoms in total. The van der Waals surface area contributed by atoms with Crippen LogP contribution in [0.25, 0.3) is 10.9 Å². The van der Waals surface area contributed by atoms with Crippen LogP contribution in [-0.2, 0) is 6.61 Å². The van der Waals surface area contributed by atoms with Gasteiger partial charge in [0.1, 0.15) is 0 Å². The van der Waals surface area contributed by atoms with Crippen LogP contribution in [0.15, 0.2) is 42.6 Å². The van der Waals surface area contributed by atoms with Crippen LogP contribution in [0, 0.1) is 17.2 Å². The smallest absolute Gasteiger partial charge is 0.321 e. The second-order valence-electron chi connectivity index (χ2n) is 10.3. The fourth-order valence-electron chi connectivity index (χ4n) is 5.47. The van der Waals surface area contributed by atoms with E-state index in [0.29, 0.717) is 55.5 Å². The Morgan fingerprint density at radius 2 is 2.00 bits per heavy atom. The second kappa shape index (κ2) is 12.9. The summed E-state index contributed by atoms with van der Waals surface area (Å²) in [6.07, 6.45) is 5.07. The van der Waals surface area contributed by atoms with E-state index < -0.39 is 0 Å². The lowest BCUT2D eigenvalue weighted by atomic mass is 10.0. The number of nitrogens with zero attached hydrogens (tertiary/aromatic N) is 4. The highest BCUT2D eigenvalue weighted by Gasteiger charge is 2.25. The summed E-state index contributed by atoms with van der Waals surface area (Å²) in [5.41, 5.74) is 3.59. The molecule has 1 aromatic heterocycles. The lowest BCUT2D eigenvalue weighted by molar-refractivity contribution is 0.208. The van der Waals surface area contributed by atoms with Gasteiger partial charge in [0.2, 0.25) is 0 Å². The number of aliphatic hydroxyl groups is 1. The molecule has 2 fully saturated rings. The van der Waals surface area contributed by atoms with Gasteiger partial charge in [-0.05, 0) is 68.6 Å². The first-order chi connectivity index (χ1) is 19.6. The normalized spacial score (nSPS) is 17.1. The highest BCUT2D eigenvalue weighted by Crippen LogP contribution is 2.38. The molecule has 5 rings (SSSR count). The predicted octanol–water partition coefficient (Wildman–Crippen LogP) is 3.73. The summed E-state index contributed by atoms with van der Waals surface area (Å²) in [5.74, 6) is 2.03. The molecule has 2 amide bonds. The molecular weight excluding hydrogens is 508 g/mol. The number of methoxy groups -OCH3 is 1. The van der Waals surface area contributed by atoms with Crippen molar-refractivity contribution in [3.05, 3.63) is 53.7 Å². The van der Waals surface area contributed by atoms with Crippen molar-refractivity contribution in [2.24, 2.45) is 5.92 Å². The number of piperazine rings is 1. The first-order valence-corrected chi connectivity index (χ1v) is 13.8. The maximum absolute atomic E-state index is 12.9. The number of rotatable bonds is 9. The highest BCUT2D eigenvalue weighted by atomic mass is 16.5. The number of fused-ring (bicyclic) bond motifs is 1. The Kier molecular flexibility index (Phi) is 8.84. The number of carbonyl (C=O) groups is 1. The van der Waals surface area contributed by atoms with E-state index in [4.69, 9.17) is 14.7 Å². The number of aliphatic hydroxyl groups excluding tert-OH is 1. The van der Waals surface area contributed by atoms with Crippen LogP contribution in [0.2, 0.25) is 0 Å². The summed E-state index contributed by atoms with van der Waals surface area (Å²) in [5, 5.41) is 26.3. The average molecular weight is 545 g/mol. The number of carbonyl (C=O) groups excluding carboxylic acids is 1. The number of urea groups is 1. The lowest BCUT2D eigenvalue weighted by Gasteiger charge is -2.37. The van der Waals surface area contributed by atoms with Gasteiger partial charge in [0.05, 0.1) is 43.2 Å². The zero-order chi connectivity index (χ0) is 27.9. The molecule has 10 heteroatoms. The fraction of sp³-hybridized carbons (Fsp3) is 0.433. The molecule has 3 aromatic rings. The van der Waals surface area contributed by atoms with Gasteiger partial charge >= 0.3 is 6.03 Å². The van der Waals surface area contributed by atoms with Gasteiger partial charge in [-0.2, -0.15) is 5.26 Å². The summed E-state index contributed by atoms with van der Waals surface area (Å²) in [6.45, 7) is 4.91. The largest absolute Gasteiger partial charge is 0.493 e. The standard InChI is InChI=1S/C30H36N6O4/c1-39-27-15-25-26(16-28(27)40-14-2-3-22-8-9-32-18-22)33-19-23(20-37)29(25)35-10-12-36(13-11-35)30(38)34-24-6-4-21(17-31)5-7-24/h4-7,15-16,19,22,32,37H,2-3,8-14,18,20H2,1H3,(H,34,38). The number of hydrogen-bond donors (Lipinski definition) is 3. The minimum absolute atomic E-state index is 0.145. The van der Waals surface area contributed by atoms with E-state index in [9.17, 15) is 9.90 Å². The molecule has 1 atom stereocenters. The zero-order valence-corrected chi connectivity index (χ0v) is 22.9. The molecular formula is C30H36N6O4. The van der Waals surface area contributed by atoms with Crippen molar-refractivity contribution < 1.29 is 19.4 Å². The van der Waals surface area contributed by atoms with Crippen molar-refractivity contribution in [1.29, 1.82) is 5.26 Å². The van der Waals surface area contributed by atoms with Gasteiger partial charge in [-0.3, -0.25) is 4.98 Å². The van der Waals surface area contributed by atoms with Crippen LogP contribution in [0.4, 0.5) is 16.2 Å². The van der Waals surface area contributed by atoms with E-state index in [1.807, 2.05) is 12.1 Å². The molecule has 0 spiro atoms. The van der Waals surface area contributed by atoms with Crippen LogP contribution in [0.3, 0.4) is 0 Å². The second-order valence-corrected chi connectivity index (χ2v) is 10.3. The summed E-state index contributed by atoms with van der Waals surface area (Å²) in [4.78, 5) is 21.4. The third kappa shape index (κ3) is 6.22. The van der Waals surface area contributed by atoms with Crippen molar-refractivity contribution in [3.63, 3.8) is 0 Å². The van der Waals surface area contributed by atoms with Crippen LogP contribution in [-0.4, -0.2) is 74.0 Å². The number of ether oxygens (including phenoxy) is 2. The number of anilines is 2. The van der Waals surface area contributed by atoms with E-state index in [2.05, 4.69) is 26.6 Å². The quantitative estimate of drug-likeness (QED) is 0.348. The Morgan fingerprint density at radius 3 is 2.67 bits per heavy atom. The van der Waals surface area contributed by atoms with Gasteiger partial charge in [-0.25, -0.2) is 4.79 Å². The van der Waals surface area contributed by atoms with E-state index in [0.717, 1.165) is 54.0 Å². The van der Waals surface area contributed by atoms with Crippen molar-refractivity contribution in [1.82, 2.24) is 15.2 Å². The van der Waals surface area contributed by atoms with Crippen LogP contribution in [0.5, 0.6) is 11.5 Å². The Labute approximate surface area is 234 Å². The Hall–Kier alpha value is -4.07. The Balaban J connectivity index is 1.27. The molecule has 0 bridgehead atoms. The first kappa shape index (κ1) is 27.5. The zero-order valence-electron chi connectivity index (χ0n) is 22.9. The summed E-state index contributed by atoms with van der Waals surface area (Å²) in [7, 11) is 1.63. The van der Waals surface area contributed by atoms with Crippen LogP contribution >= 0.6 is 0 Å². The molecule has 40 heavy (non-hydrogen) atoms. The molecule has 1 unspecified atom stereocenters. The minimum atomic E-state index is -0.182. The van der Waals surface area contributed by atoms with Gasteiger partial charge in [-0.1, -0.05) is 0 Å². The molecule has 0 aliphatic carbocycles. The highest BCUT2D eigenvalue weighted by molar-refractivity contribution is 5.96. The number of benzene rings is 2. The number of nitriles is 1. The Bertz CT molecular complexity index is 1360. The van der Waals surface area contributed by atoms with Crippen molar-refractivity contribution >= 4 is 28.3 Å². The topological polar surface area (TPSA) is 123 Å². The maximum atomic E-state index is 12.9. The Morgan fingerprint density at radius 1 is 1.20 bits per heavy atom. The number of hydrogen-bond acceptors (Lipinski definition) is 8. The molecule has 2 aliphatic heterocycles. The van der Waals surface area contributed by atoms with Crippen molar-refractivity contribution in [3.8, 4) is 17.6 Å². The van der Waals surface area contributed by atoms with Gasteiger partial charge < -0.3 is 35.0 Å². The summed E-state index contributed by atoms with van der Waals surface area (Å²) < 4.78 is 11.8. The minimum Gasteiger partial charge on any atom is -0.493 e. The molecule has 210 valence electrons. The predicted molar refractivity (Wildman–Crippen MR) is 154 cm³/mol. The first-order valence-electron chi connectivity index (χ1n) is 13.8. The maximum Gasteiger partial charge on any atom is 0.321 e. The molecule has 0 saturated carbocycles. The lowest BCUT2D eigenvalue weighted by Crippen LogP contribution is -2.50. The third-order valence-corrected chi connectivity index (χ3v) is 7.70. The van der Waals surface area contributed by atoms with Gasteiger partial charge in [0.25, 0.3) is 0 Å². The van der Waals surface area contributed by atoms with Crippen molar-refractivity contribution in [2.45, 2.75) is 25.9 Å². The number of nitrogens with one attached hydrogen (secondary N) is 2. The average Bonchev–Trinajstić information content (AvgIpc) is 3.52. The van der Waals surface area contributed by atoms with E-state index in [1.165, 1.54) is 6.42 Å². The van der Waals surface area contributed by atoms with E-state index in [-0.39, 0.29) is 12.6 Å². The van der Waals surface area contributed by atoms with Crippen LogP contribution < -0.4 is 25.0 Å². The molecule has 3 heterocycles. The van der Waals surface area contributed by atoms with Gasteiger partial charge in [0.15, 0.2) is 11.5 Å². The van der Waals surface area contributed by atoms with Crippen LogP contribution in [0.1, 0.15) is 30.4 Å². The van der Waals surface area contributed by atoms with Gasteiger partial charge in [0, 0.05) is 55.1 Å². The van der Waals surface area contributed by atoms with Gasteiger partial charge in [-0.15, -0.1) is 0 Å². The van der Waals surface area contributed by atoms with E-state index in [1.54, 1.807) is 42.5 Å². The molecule has 2 aromatic carbocycles. The van der Waals surface area contributed by atoms with Crippen molar-refractivity contribution in [2.75, 3.05) is 63.2 Å². The monoisotopic (exact) mass is 544 g/mol. The fourth-order valence-corrected chi connectivity index (χ4v) is 5.47. The number of amides is 2. The van der Waals surface area contributed by atoms with E-state index >= 15 is 0 Å². The number of pyridine rings is 1. The number of aromatic nitrogens is 1. The molecule has 3 N–H and O–H groups in total. The third-order valence-electron chi connectivity index (χ3n) is 7.70. The summed E-state index contributed by atoms with van der Waals surface area (Å²) in [6, 6.07) is 12.6. The molecule has 2 aliphatic rings. The SMILES string of the molecule is COc1cc2c(N3CCN(C(=O)Nc4ccc(C#N)cc4)CC3)c(CO)cnc2cc1OCCCC1CCNC1.